The van der Waals surface area contributed by atoms with Crippen molar-refractivity contribution in [2.24, 2.45) is 0 Å². The van der Waals surface area contributed by atoms with E-state index in [0.29, 0.717) is 34.7 Å². The average Bonchev–Trinajstić information content (AvgIpc) is 3.11. The van der Waals surface area contributed by atoms with E-state index in [-0.39, 0.29) is 23.1 Å². The maximum atomic E-state index is 13.5. The van der Waals surface area contributed by atoms with Crippen LogP contribution in [0.25, 0.3) is 22.3 Å². The fourth-order valence-corrected chi connectivity index (χ4v) is 4.90. The normalized spacial score (nSPS) is 12.6. The zero-order valence-corrected chi connectivity index (χ0v) is 20.5. The molecule has 0 amide bonds. The Morgan fingerprint density at radius 3 is 2.63 bits per heavy atom. The van der Waals surface area contributed by atoms with Gasteiger partial charge >= 0.3 is 5.69 Å². The molecule has 3 heterocycles. The number of nitrogens with zero attached hydrogens (tertiary/aromatic N) is 3. The van der Waals surface area contributed by atoms with Gasteiger partial charge in [0, 0.05) is 18.0 Å². The summed E-state index contributed by atoms with van der Waals surface area (Å²) in [6.45, 7) is 3.89. The van der Waals surface area contributed by atoms with Crippen LogP contribution in [0.1, 0.15) is 24.2 Å². The first kappa shape index (κ1) is 24.4. The predicted octanol–water partition coefficient (Wildman–Crippen LogP) is 3.28. The highest BCUT2D eigenvalue weighted by Gasteiger charge is 2.27. The second-order valence-electron chi connectivity index (χ2n) is 8.14. The van der Waals surface area contributed by atoms with Gasteiger partial charge in [0.05, 0.1) is 36.7 Å². The first-order valence-electron chi connectivity index (χ1n) is 10.8. The van der Waals surface area contributed by atoms with E-state index in [1.54, 1.807) is 44.3 Å². The minimum atomic E-state index is -3.53. The van der Waals surface area contributed by atoms with Gasteiger partial charge in [-0.25, -0.2) is 27.6 Å². The molecule has 0 radical (unpaired) electrons. The predicted molar refractivity (Wildman–Crippen MR) is 130 cm³/mol. The van der Waals surface area contributed by atoms with Gasteiger partial charge in [0.1, 0.15) is 15.7 Å². The molecule has 0 spiro atoms. The third-order valence-corrected chi connectivity index (χ3v) is 6.44. The Hall–Kier alpha value is -3.73. The van der Waals surface area contributed by atoms with E-state index in [1.807, 2.05) is 0 Å². The van der Waals surface area contributed by atoms with E-state index in [4.69, 9.17) is 9.47 Å². The number of nitrogens with one attached hydrogen (secondary N) is 1. The molecule has 0 aliphatic rings. The number of hydrogen-bond donors (Lipinski definition) is 1. The molecule has 4 aromatic rings. The molecule has 0 saturated heterocycles. The van der Waals surface area contributed by atoms with Crippen molar-refractivity contribution in [3.63, 3.8) is 0 Å². The van der Waals surface area contributed by atoms with Gasteiger partial charge in [0.15, 0.2) is 11.4 Å². The standard InChI is InChI=1S/C24H25FN4O5S/c1-5-34-23-21(33-3)9-8-18(27-23)20(13-35(4,31)32)29-22-19(28-24(29)30)11-15(12-26-22)17-7-6-16(25)10-14(17)2/h6-12,20H,5,13H2,1-4H3,(H,28,30)/t20-/m1/s1. The van der Waals surface area contributed by atoms with Crippen molar-refractivity contribution < 1.29 is 22.3 Å². The molecule has 0 aliphatic heterocycles. The van der Waals surface area contributed by atoms with Gasteiger partial charge in [-0.15, -0.1) is 0 Å². The van der Waals surface area contributed by atoms with Crippen LogP contribution in [0.4, 0.5) is 4.39 Å². The van der Waals surface area contributed by atoms with Crippen molar-refractivity contribution in [1.82, 2.24) is 19.5 Å². The Labute approximate surface area is 201 Å². The fraction of sp³-hybridized carbons (Fsp3) is 0.292. The van der Waals surface area contributed by atoms with Crippen molar-refractivity contribution in [3.8, 4) is 22.8 Å². The van der Waals surface area contributed by atoms with Crippen LogP contribution in [0.2, 0.25) is 0 Å². The zero-order chi connectivity index (χ0) is 25.3. The maximum absolute atomic E-state index is 13.5. The molecule has 1 N–H and O–H groups in total. The van der Waals surface area contributed by atoms with Gasteiger partial charge in [0.25, 0.3) is 5.88 Å². The first-order valence-corrected chi connectivity index (χ1v) is 12.9. The van der Waals surface area contributed by atoms with Gasteiger partial charge < -0.3 is 14.5 Å². The number of methoxy groups -OCH3 is 1. The summed E-state index contributed by atoms with van der Waals surface area (Å²) < 4.78 is 50.3. The third kappa shape index (κ3) is 5.04. The summed E-state index contributed by atoms with van der Waals surface area (Å²) in [5.41, 5.74) is 2.61. The van der Waals surface area contributed by atoms with Gasteiger partial charge in [-0.3, -0.25) is 4.57 Å². The Morgan fingerprint density at radius 2 is 1.97 bits per heavy atom. The molecule has 9 nitrogen and oxygen atoms in total. The molecule has 4 rings (SSSR count). The number of rotatable bonds is 8. The summed E-state index contributed by atoms with van der Waals surface area (Å²) >= 11 is 0. The summed E-state index contributed by atoms with van der Waals surface area (Å²) in [6.07, 6.45) is 2.66. The Kier molecular flexibility index (Phi) is 6.62. The quantitative estimate of drug-likeness (QED) is 0.395. The molecule has 35 heavy (non-hydrogen) atoms. The number of hydrogen-bond acceptors (Lipinski definition) is 7. The van der Waals surface area contributed by atoms with Crippen molar-refractivity contribution >= 4 is 21.0 Å². The first-order chi connectivity index (χ1) is 16.6. The largest absolute Gasteiger partial charge is 0.491 e. The number of aryl methyl sites for hydroxylation is 1. The molecule has 1 atom stereocenters. The van der Waals surface area contributed by atoms with E-state index in [2.05, 4.69) is 15.0 Å². The Bertz CT molecular complexity index is 1560. The summed E-state index contributed by atoms with van der Waals surface area (Å²) in [6, 6.07) is 8.39. The number of halogens is 1. The lowest BCUT2D eigenvalue weighted by molar-refractivity contribution is 0.296. The highest BCUT2D eigenvalue weighted by Crippen LogP contribution is 2.30. The highest BCUT2D eigenvalue weighted by atomic mass is 32.2. The Morgan fingerprint density at radius 1 is 1.20 bits per heavy atom. The highest BCUT2D eigenvalue weighted by molar-refractivity contribution is 7.90. The topological polar surface area (TPSA) is 116 Å². The van der Waals surface area contributed by atoms with Crippen LogP contribution in [-0.4, -0.2) is 53.7 Å². The van der Waals surface area contributed by atoms with Crippen LogP contribution >= 0.6 is 0 Å². The molecule has 0 aliphatic carbocycles. The van der Waals surface area contributed by atoms with Gasteiger partial charge in [-0.05, 0) is 55.3 Å². The molecule has 11 heteroatoms. The number of pyridine rings is 2. The van der Waals surface area contributed by atoms with Gasteiger partial charge in [0.2, 0.25) is 0 Å². The molecule has 0 fully saturated rings. The summed E-state index contributed by atoms with van der Waals surface area (Å²) in [5, 5.41) is 0. The molecule has 3 aromatic heterocycles. The second kappa shape index (κ2) is 9.49. The SMILES string of the molecule is CCOc1nc([C@@H](CS(C)(=O)=O)n2c(=O)[nH]c3cc(-c4ccc(F)cc4C)cnc32)ccc1OC. The number of sulfone groups is 1. The van der Waals surface area contributed by atoms with Crippen LogP contribution in [0.15, 0.2) is 47.4 Å². The molecule has 1 aromatic carbocycles. The summed E-state index contributed by atoms with van der Waals surface area (Å²) in [7, 11) is -2.06. The lowest BCUT2D eigenvalue weighted by Crippen LogP contribution is -2.29. The van der Waals surface area contributed by atoms with Crippen molar-refractivity contribution in [2.45, 2.75) is 19.9 Å². The monoisotopic (exact) mass is 500 g/mol. The maximum Gasteiger partial charge on any atom is 0.328 e. The van der Waals surface area contributed by atoms with E-state index in [1.165, 1.54) is 23.8 Å². The molecular formula is C24H25FN4O5S. The summed E-state index contributed by atoms with van der Waals surface area (Å²) in [4.78, 5) is 24.8. The lowest BCUT2D eigenvalue weighted by atomic mass is 10.0. The van der Waals surface area contributed by atoms with Gasteiger partial charge in [-0.2, -0.15) is 0 Å². The molecular weight excluding hydrogens is 475 g/mol. The van der Waals surface area contributed by atoms with Gasteiger partial charge in [-0.1, -0.05) is 6.07 Å². The minimum Gasteiger partial charge on any atom is -0.491 e. The van der Waals surface area contributed by atoms with Crippen molar-refractivity contribution in [3.05, 3.63) is 70.2 Å². The van der Waals surface area contributed by atoms with Crippen molar-refractivity contribution in [1.29, 1.82) is 0 Å². The van der Waals surface area contributed by atoms with Crippen LogP contribution in [0.5, 0.6) is 11.6 Å². The Balaban J connectivity index is 1.88. The van der Waals surface area contributed by atoms with Crippen LogP contribution in [-0.2, 0) is 9.84 Å². The number of aromatic amines is 1. The van der Waals surface area contributed by atoms with Crippen LogP contribution in [0.3, 0.4) is 0 Å². The van der Waals surface area contributed by atoms with Crippen LogP contribution < -0.4 is 15.2 Å². The average molecular weight is 501 g/mol. The van der Waals surface area contributed by atoms with E-state index >= 15 is 0 Å². The molecule has 0 unspecified atom stereocenters. The summed E-state index contributed by atoms with van der Waals surface area (Å²) in [5.74, 6) is -0.147. The van der Waals surface area contributed by atoms with Crippen LogP contribution in [0, 0.1) is 12.7 Å². The zero-order valence-electron chi connectivity index (χ0n) is 19.7. The number of ether oxygens (including phenoxy) is 2. The number of fused-ring (bicyclic) bond motifs is 1. The molecule has 184 valence electrons. The van der Waals surface area contributed by atoms with Crippen molar-refractivity contribution in [2.75, 3.05) is 25.7 Å². The number of benzene rings is 1. The number of imidazole rings is 1. The fourth-order valence-electron chi connectivity index (χ4n) is 4.00. The number of aromatic nitrogens is 4. The lowest BCUT2D eigenvalue weighted by Gasteiger charge is -2.19. The number of H-pyrrole nitrogens is 1. The second-order valence-corrected chi connectivity index (χ2v) is 10.3. The van der Waals surface area contributed by atoms with E-state index in [0.717, 1.165) is 11.8 Å². The minimum absolute atomic E-state index is 0.195. The third-order valence-electron chi connectivity index (χ3n) is 5.52. The smallest absolute Gasteiger partial charge is 0.328 e. The van der Waals surface area contributed by atoms with E-state index in [9.17, 15) is 17.6 Å². The molecule has 0 bridgehead atoms. The molecule has 0 saturated carbocycles. The van der Waals surface area contributed by atoms with E-state index < -0.39 is 21.6 Å².